The number of benzene rings is 2. The molecule has 5 N–H and O–H groups in total. The molecule has 0 aliphatic carbocycles. The van der Waals surface area contributed by atoms with Crippen LogP contribution in [-0.2, 0) is 0 Å². The van der Waals surface area contributed by atoms with E-state index in [0.717, 1.165) is 5.56 Å². The van der Waals surface area contributed by atoms with Gasteiger partial charge in [0.1, 0.15) is 11.6 Å². The van der Waals surface area contributed by atoms with Crippen LogP contribution in [0.4, 0.5) is 32.1 Å². The van der Waals surface area contributed by atoms with Gasteiger partial charge >= 0.3 is 6.03 Å². The number of halogens is 1. The average Bonchev–Trinajstić information content (AvgIpc) is 2.81. The summed E-state index contributed by atoms with van der Waals surface area (Å²) in [5, 5.41) is 8.91. The smallest absolute Gasteiger partial charge is 0.321 e. The Kier molecular flexibility index (Phi) is 7.45. The largest absolute Gasteiger partial charge is 0.378 e. The van der Waals surface area contributed by atoms with Gasteiger partial charge < -0.3 is 26.6 Å². The Morgan fingerprint density at radius 1 is 1.12 bits per heavy atom. The molecule has 1 unspecified atom stereocenters. The van der Waals surface area contributed by atoms with E-state index in [4.69, 9.17) is 5.73 Å². The number of urea groups is 1. The predicted octanol–water partition coefficient (Wildman–Crippen LogP) is 4.72. The molecule has 0 aliphatic rings. The number of hydrogen-bond donors (Lipinski definition) is 4. The quantitative estimate of drug-likeness (QED) is 0.397. The summed E-state index contributed by atoms with van der Waals surface area (Å²) in [5.41, 5.74) is 7.87. The zero-order valence-corrected chi connectivity index (χ0v) is 18.7. The number of pyridine rings is 1. The molecular weight excluding hydrogens is 423 g/mol. The lowest BCUT2D eigenvalue weighted by Crippen LogP contribution is -2.31. The first kappa shape index (κ1) is 23.5. The Labute approximate surface area is 192 Å². The van der Waals surface area contributed by atoms with Crippen molar-refractivity contribution in [2.24, 2.45) is 5.73 Å². The summed E-state index contributed by atoms with van der Waals surface area (Å²) in [6, 6.07) is 15.2. The molecule has 0 radical (unpaired) electrons. The number of rotatable bonds is 8. The molecule has 0 spiro atoms. The minimum absolute atomic E-state index is 0.0371. The number of anilines is 4. The zero-order chi connectivity index (χ0) is 24.0. The maximum Gasteiger partial charge on any atom is 0.321 e. The van der Waals surface area contributed by atoms with Crippen LogP contribution in [0.15, 0.2) is 60.8 Å². The van der Waals surface area contributed by atoms with Gasteiger partial charge in [0, 0.05) is 37.6 Å². The second kappa shape index (κ2) is 10.4. The molecule has 0 saturated carbocycles. The van der Waals surface area contributed by atoms with Gasteiger partial charge in [0.15, 0.2) is 0 Å². The van der Waals surface area contributed by atoms with Crippen molar-refractivity contribution in [2.45, 2.75) is 19.9 Å². The van der Waals surface area contributed by atoms with Gasteiger partial charge in [0.2, 0.25) is 0 Å². The van der Waals surface area contributed by atoms with Crippen molar-refractivity contribution in [2.75, 3.05) is 29.5 Å². The molecule has 9 heteroatoms. The predicted molar refractivity (Wildman–Crippen MR) is 128 cm³/mol. The summed E-state index contributed by atoms with van der Waals surface area (Å²) in [6.45, 7) is 4.27. The summed E-state index contributed by atoms with van der Waals surface area (Å²) in [5.74, 6) is -0.754. The highest BCUT2D eigenvalue weighted by molar-refractivity contribution is 5.98. The van der Waals surface area contributed by atoms with Gasteiger partial charge in [-0.05, 0) is 37.6 Å². The molecule has 1 heterocycles. The topological polar surface area (TPSA) is 112 Å². The van der Waals surface area contributed by atoms with Crippen molar-refractivity contribution in [3.8, 4) is 0 Å². The lowest BCUT2D eigenvalue weighted by Gasteiger charge is -2.19. The third-order valence-electron chi connectivity index (χ3n) is 5.14. The summed E-state index contributed by atoms with van der Waals surface area (Å²) < 4.78 is 14.2. The van der Waals surface area contributed by atoms with E-state index in [2.05, 4.69) is 20.9 Å². The Hall–Kier alpha value is -4.14. The van der Waals surface area contributed by atoms with Gasteiger partial charge in [-0.2, -0.15) is 0 Å². The summed E-state index contributed by atoms with van der Waals surface area (Å²) >= 11 is 0. The maximum absolute atomic E-state index is 14.2. The number of primary amides is 1. The van der Waals surface area contributed by atoms with Crippen molar-refractivity contribution in [3.05, 3.63) is 77.7 Å². The highest BCUT2D eigenvalue weighted by Crippen LogP contribution is 2.27. The first-order valence-electron chi connectivity index (χ1n) is 10.5. The molecule has 1 aromatic heterocycles. The van der Waals surface area contributed by atoms with Crippen LogP contribution in [0.25, 0.3) is 0 Å². The van der Waals surface area contributed by atoms with E-state index in [9.17, 15) is 14.0 Å². The minimum atomic E-state index is -0.608. The maximum atomic E-state index is 14.2. The van der Waals surface area contributed by atoms with E-state index in [0.29, 0.717) is 23.7 Å². The SMILES string of the molecule is CCN(C)C(=O)Nc1cc(Nc2cc(NC(C)c3ccccc3)c(C(N)=O)cn2)ccc1F. The molecule has 0 fully saturated rings. The van der Waals surface area contributed by atoms with Gasteiger partial charge in [0.25, 0.3) is 5.91 Å². The van der Waals surface area contributed by atoms with Crippen LogP contribution >= 0.6 is 0 Å². The molecule has 8 nitrogen and oxygen atoms in total. The van der Waals surface area contributed by atoms with Crippen LogP contribution < -0.4 is 21.7 Å². The molecule has 3 amide bonds. The Bertz CT molecular complexity index is 1140. The molecule has 33 heavy (non-hydrogen) atoms. The molecule has 0 aliphatic heterocycles. The third kappa shape index (κ3) is 5.97. The molecule has 3 rings (SSSR count). The number of nitrogens with one attached hydrogen (secondary N) is 3. The monoisotopic (exact) mass is 450 g/mol. The van der Waals surface area contributed by atoms with Crippen molar-refractivity contribution < 1.29 is 14.0 Å². The molecule has 0 saturated heterocycles. The number of nitrogens with two attached hydrogens (primary N) is 1. The van der Waals surface area contributed by atoms with Crippen molar-refractivity contribution in [1.29, 1.82) is 0 Å². The van der Waals surface area contributed by atoms with E-state index in [1.165, 1.54) is 29.3 Å². The van der Waals surface area contributed by atoms with Crippen molar-refractivity contribution in [1.82, 2.24) is 9.88 Å². The van der Waals surface area contributed by atoms with Crippen LogP contribution in [0.1, 0.15) is 35.8 Å². The molecule has 0 bridgehead atoms. The number of hydrogen-bond acceptors (Lipinski definition) is 5. The first-order chi connectivity index (χ1) is 15.8. The normalized spacial score (nSPS) is 11.4. The van der Waals surface area contributed by atoms with Gasteiger partial charge in [-0.25, -0.2) is 14.2 Å². The Morgan fingerprint density at radius 2 is 1.85 bits per heavy atom. The molecular formula is C24H27FN6O2. The van der Waals surface area contributed by atoms with Crippen LogP contribution in [0.2, 0.25) is 0 Å². The molecule has 2 aromatic carbocycles. The Balaban J connectivity index is 1.84. The third-order valence-corrected chi connectivity index (χ3v) is 5.14. The second-order valence-electron chi connectivity index (χ2n) is 7.52. The fourth-order valence-electron chi connectivity index (χ4n) is 3.10. The Morgan fingerprint density at radius 3 is 2.52 bits per heavy atom. The molecule has 3 aromatic rings. The number of aromatic nitrogens is 1. The van der Waals surface area contributed by atoms with Crippen LogP contribution in [0, 0.1) is 5.82 Å². The van der Waals surface area contributed by atoms with E-state index in [1.54, 1.807) is 13.1 Å². The van der Waals surface area contributed by atoms with E-state index < -0.39 is 17.8 Å². The highest BCUT2D eigenvalue weighted by Gasteiger charge is 2.15. The zero-order valence-electron chi connectivity index (χ0n) is 18.7. The molecule has 1 atom stereocenters. The summed E-state index contributed by atoms with van der Waals surface area (Å²) in [6.07, 6.45) is 1.38. The van der Waals surface area contributed by atoms with Crippen LogP contribution in [0.5, 0.6) is 0 Å². The summed E-state index contributed by atoms with van der Waals surface area (Å²) in [7, 11) is 1.62. The number of nitrogens with zero attached hydrogens (tertiary/aromatic N) is 2. The standard InChI is InChI=1S/C24H27FN6O2/c1-4-31(3)24(33)30-21-12-17(10-11-19(21)25)29-22-13-20(18(14-27-22)23(26)32)28-15(2)16-8-6-5-7-9-16/h5-15H,4H2,1-3H3,(H2,26,32)(H,30,33)(H2,27,28,29). The first-order valence-corrected chi connectivity index (χ1v) is 10.5. The van der Waals surface area contributed by atoms with Gasteiger partial charge in [-0.15, -0.1) is 0 Å². The number of amides is 3. The number of carbonyl (C=O) groups is 2. The fourth-order valence-corrected chi connectivity index (χ4v) is 3.10. The lowest BCUT2D eigenvalue weighted by atomic mass is 10.1. The summed E-state index contributed by atoms with van der Waals surface area (Å²) in [4.78, 5) is 29.7. The fraction of sp³-hybridized carbons (Fsp3) is 0.208. The van der Waals surface area contributed by atoms with Crippen LogP contribution in [0.3, 0.4) is 0 Å². The molecule has 172 valence electrons. The van der Waals surface area contributed by atoms with Gasteiger partial charge in [-0.1, -0.05) is 30.3 Å². The van der Waals surface area contributed by atoms with Gasteiger partial charge in [-0.3, -0.25) is 4.79 Å². The highest BCUT2D eigenvalue weighted by atomic mass is 19.1. The van der Waals surface area contributed by atoms with E-state index >= 15 is 0 Å². The van der Waals surface area contributed by atoms with Crippen molar-refractivity contribution in [3.63, 3.8) is 0 Å². The second-order valence-corrected chi connectivity index (χ2v) is 7.52. The van der Waals surface area contributed by atoms with E-state index in [1.807, 2.05) is 44.2 Å². The van der Waals surface area contributed by atoms with Gasteiger partial charge in [0.05, 0.1) is 16.9 Å². The van der Waals surface area contributed by atoms with Crippen LogP contribution in [-0.4, -0.2) is 35.4 Å². The van der Waals surface area contributed by atoms with Crippen molar-refractivity contribution >= 4 is 34.8 Å². The average molecular weight is 451 g/mol. The lowest BCUT2D eigenvalue weighted by molar-refractivity contribution is 0.100. The van der Waals surface area contributed by atoms with E-state index in [-0.39, 0.29) is 17.3 Å². The number of carbonyl (C=O) groups excluding carboxylic acids is 2. The minimum Gasteiger partial charge on any atom is -0.378 e.